The average Bonchev–Trinajstić information content (AvgIpc) is 3.08. The molecule has 2 aromatic carbocycles. The Morgan fingerprint density at radius 2 is 2.07 bits per heavy atom. The number of ether oxygens (including phenoxy) is 1. The first kappa shape index (κ1) is 20.5. The van der Waals surface area contributed by atoms with Crippen LogP contribution >= 0.6 is 15.9 Å². The van der Waals surface area contributed by atoms with Crippen molar-refractivity contribution in [2.75, 3.05) is 12.4 Å². The molecule has 0 saturated carbocycles. The minimum atomic E-state index is -0.401. The molecule has 29 heavy (non-hydrogen) atoms. The maximum Gasteiger partial charge on any atom is 0.256 e. The van der Waals surface area contributed by atoms with Crippen molar-refractivity contribution < 1.29 is 13.9 Å². The summed E-state index contributed by atoms with van der Waals surface area (Å²) in [7, 11) is 1.49. The number of hydrogen-bond acceptors (Lipinski definition) is 3. The number of benzene rings is 2. The molecule has 2 N–H and O–H groups in total. The van der Waals surface area contributed by atoms with E-state index >= 15 is 0 Å². The zero-order valence-electron chi connectivity index (χ0n) is 15.9. The van der Waals surface area contributed by atoms with Crippen LogP contribution < -0.4 is 10.1 Å². The molecule has 0 fully saturated rings. The molecular weight excluding hydrogens is 437 g/mol. The highest BCUT2D eigenvalue weighted by molar-refractivity contribution is 9.10. The van der Waals surface area contributed by atoms with Gasteiger partial charge < -0.3 is 10.1 Å². The molecule has 0 radical (unpaired) electrons. The van der Waals surface area contributed by atoms with Crippen LogP contribution in [0.1, 0.15) is 34.1 Å². The molecule has 0 aliphatic rings. The van der Waals surface area contributed by atoms with Gasteiger partial charge in [-0.3, -0.25) is 9.89 Å². The van der Waals surface area contributed by atoms with Crippen molar-refractivity contribution in [2.24, 2.45) is 0 Å². The molecule has 0 unspecified atom stereocenters. The molecule has 0 atom stereocenters. The molecule has 0 saturated heterocycles. The van der Waals surface area contributed by atoms with E-state index < -0.39 is 5.82 Å². The maximum absolute atomic E-state index is 14.4. The molecule has 0 spiro atoms. The molecule has 0 aliphatic carbocycles. The van der Waals surface area contributed by atoms with Gasteiger partial charge in [0.25, 0.3) is 5.91 Å². The molecule has 148 valence electrons. The Bertz CT molecular complexity index is 1110. The van der Waals surface area contributed by atoms with Gasteiger partial charge >= 0.3 is 0 Å². The summed E-state index contributed by atoms with van der Waals surface area (Å²) in [4.78, 5) is 12.6. The van der Waals surface area contributed by atoms with Crippen LogP contribution in [-0.4, -0.2) is 23.2 Å². The summed E-state index contributed by atoms with van der Waals surface area (Å²) < 4.78 is 20.5. The Balaban J connectivity index is 2.00. The Morgan fingerprint density at radius 1 is 1.31 bits per heavy atom. The highest BCUT2D eigenvalue weighted by Gasteiger charge is 2.16. The number of amides is 1. The lowest BCUT2D eigenvalue weighted by Gasteiger charge is -2.10. The fourth-order valence-corrected chi connectivity index (χ4v) is 3.32. The average molecular weight is 456 g/mol. The van der Waals surface area contributed by atoms with Crippen molar-refractivity contribution in [1.82, 2.24) is 10.2 Å². The summed E-state index contributed by atoms with van der Waals surface area (Å²) in [5, 5.41) is 9.80. The zero-order valence-corrected chi connectivity index (χ0v) is 17.5. The van der Waals surface area contributed by atoms with E-state index in [-0.39, 0.29) is 5.91 Å². The van der Waals surface area contributed by atoms with E-state index in [0.29, 0.717) is 39.5 Å². The van der Waals surface area contributed by atoms with Crippen molar-refractivity contribution in [3.05, 3.63) is 81.7 Å². The number of hydrogen-bond donors (Lipinski definition) is 2. The Kier molecular flexibility index (Phi) is 6.29. The van der Waals surface area contributed by atoms with Crippen LogP contribution in [-0.2, 0) is 0 Å². The summed E-state index contributed by atoms with van der Waals surface area (Å²) in [6.45, 7) is 5.53. The summed E-state index contributed by atoms with van der Waals surface area (Å²) in [5.74, 6) is 0.0207. The minimum absolute atomic E-state index is 0.316. The summed E-state index contributed by atoms with van der Waals surface area (Å²) in [5.41, 5.74) is 2.62. The van der Waals surface area contributed by atoms with Gasteiger partial charge in [0, 0.05) is 15.6 Å². The van der Waals surface area contributed by atoms with Gasteiger partial charge in [-0.05, 0) is 55.0 Å². The standard InChI is InChI=1S/C22H19BrFN3O2/c1-4-18-16(11-13(2)20-17(24)9-6-10-19(20)29-3)21(27-26-18)25-22(28)14-7-5-8-15(23)12-14/h4-12H,1H2,2-3H3,(H2,25,26,27,28)/b13-11+. The molecule has 1 heterocycles. The van der Waals surface area contributed by atoms with Gasteiger partial charge in [-0.15, -0.1) is 0 Å². The monoisotopic (exact) mass is 455 g/mol. The highest BCUT2D eigenvalue weighted by atomic mass is 79.9. The lowest BCUT2D eigenvalue weighted by atomic mass is 10.0. The third kappa shape index (κ3) is 4.46. The van der Waals surface area contributed by atoms with Gasteiger partial charge in [-0.25, -0.2) is 4.39 Å². The predicted molar refractivity (Wildman–Crippen MR) is 117 cm³/mol. The van der Waals surface area contributed by atoms with Crippen LogP contribution in [0.5, 0.6) is 5.75 Å². The van der Waals surface area contributed by atoms with E-state index in [2.05, 4.69) is 38.0 Å². The fraction of sp³-hybridized carbons (Fsp3) is 0.0909. The smallest absolute Gasteiger partial charge is 0.256 e. The van der Waals surface area contributed by atoms with Crippen LogP contribution in [0, 0.1) is 5.82 Å². The van der Waals surface area contributed by atoms with E-state index in [9.17, 15) is 9.18 Å². The third-order valence-corrected chi connectivity index (χ3v) is 4.80. The van der Waals surface area contributed by atoms with Crippen LogP contribution in [0.2, 0.25) is 0 Å². The zero-order chi connectivity index (χ0) is 21.0. The van der Waals surface area contributed by atoms with Crippen molar-refractivity contribution in [3.63, 3.8) is 0 Å². The Hall–Kier alpha value is -3.19. The molecule has 5 nitrogen and oxygen atoms in total. The normalized spacial score (nSPS) is 11.2. The number of H-pyrrole nitrogens is 1. The second kappa shape index (κ2) is 8.87. The van der Waals surface area contributed by atoms with E-state index in [1.165, 1.54) is 13.2 Å². The molecule has 1 amide bonds. The van der Waals surface area contributed by atoms with Crippen LogP contribution in [0.15, 0.2) is 53.5 Å². The van der Waals surface area contributed by atoms with E-state index in [0.717, 1.165) is 4.47 Å². The number of allylic oxidation sites excluding steroid dienone is 1. The number of anilines is 1. The predicted octanol–water partition coefficient (Wildman–Crippen LogP) is 5.78. The molecule has 1 aromatic heterocycles. The number of rotatable bonds is 6. The number of nitrogens with zero attached hydrogens (tertiary/aromatic N) is 1. The van der Waals surface area contributed by atoms with E-state index in [1.807, 2.05) is 6.07 Å². The molecule has 0 aliphatic heterocycles. The molecule has 3 aromatic rings. The van der Waals surface area contributed by atoms with Gasteiger partial charge in [0.2, 0.25) is 0 Å². The molecule has 3 rings (SSSR count). The van der Waals surface area contributed by atoms with Crippen molar-refractivity contribution in [2.45, 2.75) is 6.92 Å². The third-order valence-electron chi connectivity index (χ3n) is 4.31. The molecular formula is C22H19BrFN3O2. The SMILES string of the molecule is C=Cc1[nH]nc(NC(=O)c2cccc(Br)c2)c1/C=C(\C)c1c(F)cccc1OC. The number of carbonyl (C=O) groups excluding carboxylic acids is 1. The molecule has 0 bridgehead atoms. The summed E-state index contributed by atoms with van der Waals surface area (Å²) in [6, 6.07) is 11.7. The van der Waals surface area contributed by atoms with E-state index in [1.54, 1.807) is 49.4 Å². The maximum atomic E-state index is 14.4. The van der Waals surface area contributed by atoms with Crippen LogP contribution in [0.25, 0.3) is 17.7 Å². The summed E-state index contributed by atoms with van der Waals surface area (Å²) >= 11 is 3.35. The van der Waals surface area contributed by atoms with Gasteiger partial charge in [0.1, 0.15) is 11.6 Å². The van der Waals surface area contributed by atoms with E-state index in [4.69, 9.17) is 4.74 Å². The van der Waals surface area contributed by atoms with Gasteiger partial charge in [0.05, 0.1) is 18.4 Å². The van der Waals surface area contributed by atoms with Crippen molar-refractivity contribution >= 4 is 45.4 Å². The minimum Gasteiger partial charge on any atom is -0.496 e. The fourth-order valence-electron chi connectivity index (χ4n) is 2.92. The number of methoxy groups -OCH3 is 1. The second-order valence-electron chi connectivity index (χ2n) is 6.21. The first-order valence-electron chi connectivity index (χ1n) is 8.73. The topological polar surface area (TPSA) is 67.0 Å². The highest BCUT2D eigenvalue weighted by Crippen LogP contribution is 2.32. The van der Waals surface area contributed by atoms with Gasteiger partial charge in [-0.1, -0.05) is 34.6 Å². The van der Waals surface area contributed by atoms with Gasteiger partial charge in [-0.2, -0.15) is 5.10 Å². The second-order valence-corrected chi connectivity index (χ2v) is 7.13. The first-order valence-corrected chi connectivity index (χ1v) is 9.52. The van der Waals surface area contributed by atoms with Crippen LogP contribution in [0.4, 0.5) is 10.2 Å². The van der Waals surface area contributed by atoms with Crippen molar-refractivity contribution in [3.8, 4) is 5.75 Å². The quantitative estimate of drug-likeness (QED) is 0.495. The summed E-state index contributed by atoms with van der Waals surface area (Å²) in [6.07, 6.45) is 3.32. The first-order chi connectivity index (χ1) is 13.9. The largest absolute Gasteiger partial charge is 0.496 e. The van der Waals surface area contributed by atoms with Crippen LogP contribution in [0.3, 0.4) is 0 Å². The number of aromatic amines is 1. The van der Waals surface area contributed by atoms with Gasteiger partial charge in [0.15, 0.2) is 5.82 Å². The number of carbonyl (C=O) groups is 1. The Labute approximate surface area is 176 Å². The lowest BCUT2D eigenvalue weighted by Crippen LogP contribution is -2.13. The molecule has 7 heteroatoms. The van der Waals surface area contributed by atoms with Crippen molar-refractivity contribution in [1.29, 1.82) is 0 Å². The lowest BCUT2D eigenvalue weighted by molar-refractivity contribution is 0.102. The number of aromatic nitrogens is 2. The number of nitrogens with one attached hydrogen (secondary N) is 2. The Morgan fingerprint density at radius 3 is 2.76 bits per heavy atom. The number of halogens is 2.